The molecule has 3 rings (SSSR count). The lowest BCUT2D eigenvalue weighted by atomic mass is 10.2. The van der Waals surface area contributed by atoms with Crippen molar-refractivity contribution in [2.75, 3.05) is 5.32 Å². The van der Waals surface area contributed by atoms with E-state index in [1.165, 1.54) is 20.0 Å². The zero-order valence-electron chi connectivity index (χ0n) is 15.3. The Hall–Kier alpha value is -2.33. The fourth-order valence-corrected chi connectivity index (χ4v) is 3.42. The highest BCUT2D eigenvalue weighted by Gasteiger charge is 2.38. The number of amides is 1. The highest BCUT2D eigenvalue weighted by molar-refractivity contribution is 9.10. The molecule has 0 fully saturated rings. The molecule has 1 amide bonds. The third kappa shape index (κ3) is 4.81. The molecule has 0 saturated carbocycles. The first-order valence-electron chi connectivity index (χ1n) is 8.46. The zero-order valence-corrected chi connectivity index (χ0v) is 17.7. The standard InChI is InChI=1S/C18H16BrClF3N5O/c1-10-15(19)16(18(21,22)23)26-28(10)11(2)17(29)25-14-5-3-4-12(6-14)8-27-9-13(20)7-24-27/h3-7,9,11H,8H2,1-2H3,(H,25,29). The summed E-state index contributed by atoms with van der Waals surface area (Å²) in [4.78, 5) is 12.6. The van der Waals surface area contributed by atoms with E-state index in [0.717, 1.165) is 10.2 Å². The molecule has 2 aromatic heterocycles. The molecule has 154 valence electrons. The topological polar surface area (TPSA) is 64.7 Å². The molecule has 29 heavy (non-hydrogen) atoms. The second kappa shape index (κ2) is 8.19. The van der Waals surface area contributed by atoms with Crippen LogP contribution in [0.2, 0.25) is 5.02 Å². The number of nitrogens with zero attached hydrogens (tertiary/aromatic N) is 4. The van der Waals surface area contributed by atoms with Crippen molar-refractivity contribution in [3.05, 3.63) is 63.1 Å². The number of carbonyl (C=O) groups is 1. The van der Waals surface area contributed by atoms with Crippen molar-refractivity contribution >= 4 is 39.1 Å². The average molecular weight is 491 g/mol. The number of nitrogens with one attached hydrogen (secondary N) is 1. The van der Waals surface area contributed by atoms with Gasteiger partial charge in [0.1, 0.15) is 6.04 Å². The van der Waals surface area contributed by atoms with Gasteiger partial charge in [0, 0.05) is 11.9 Å². The van der Waals surface area contributed by atoms with Crippen molar-refractivity contribution in [1.29, 1.82) is 0 Å². The summed E-state index contributed by atoms with van der Waals surface area (Å²) in [6, 6.07) is 6.12. The van der Waals surface area contributed by atoms with Crippen molar-refractivity contribution in [2.45, 2.75) is 32.6 Å². The van der Waals surface area contributed by atoms with Crippen LogP contribution in [-0.2, 0) is 17.5 Å². The van der Waals surface area contributed by atoms with Crippen LogP contribution in [0, 0.1) is 6.92 Å². The maximum absolute atomic E-state index is 13.1. The molecule has 1 atom stereocenters. The van der Waals surface area contributed by atoms with E-state index in [-0.39, 0.29) is 10.2 Å². The minimum absolute atomic E-state index is 0.176. The van der Waals surface area contributed by atoms with Crippen molar-refractivity contribution in [3.63, 3.8) is 0 Å². The summed E-state index contributed by atoms with van der Waals surface area (Å²) in [7, 11) is 0. The molecule has 0 radical (unpaired) electrons. The molecule has 0 aliphatic rings. The van der Waals surface area contributed by atoms with E-state index < -0.39 is 23.8 Å². The Balaban J connectivity index is 1.76. The largest absolute Gasteiger partial charge is 0.436 e. The molecule has 0 saturated heterocycles. The van der Waals surface area contributed by atoms with E-state index in [9.17, 15) is 18.0 Å². The Morgan fingerprint density at radius 2 is 2.10 bits per heavy atom. The fraction of sp³-hybridized carbons (Fsp3) is 0.278. The lowest BCUT2D eigenvalue weighted by molar-refractivity contribution is -0.142. The molecule has 0 bridgehead atoms. The van der Waals surface area contributed by atoms with Gasteiger partial charge in [0.25, 0.3) is 0 Å². The fourth-order valence-electron chi connectivity index (χ4n) is 2.77. The maximum Gasteiger partial charge on any atom is 0.436 e. The summed E-state index contributed by atoms with van der Waals surface area (Å²) in [5.41, 5.74) is 0.531. The van der Waals surface area contributed by atoms with Crippen LogP contribution in [0.15, 0.2) is 41.1 Å². The summed E-state index contributed by atoms with van der Waals surface area (Å²) in [6.07, 6.45) is -1.42. The van der Waals surface area contributed by atoms with Gasteiger partial charge >= 0.3 is 6.18 Å². The van der Waals surface area contributed by atoms with Crippen molar-refractivity contribution in [1.82, 2.24) is 19.6 Å². The molecule has 6 nitrogen and oxygen atoms in total. The van der Waals surface area contributed by atoms with Crippen LogP contribution in [0.25, 0.3) is 0 Å². The van der Waals surface area contributed by atoms with Gasteiger partial charge in [-0.3, -0.25) is 14.2 Å². The van der Waals surface area contributed by atoms with Gasteiger partial charge in [0.2, 0.25) is 5.91 Å². The predicted molar refractivity (Wildman–Crippen MR) is 106 cm³/mol. The van der Waals surface area contributed by atoms with Crippen LogP contribution >= 0.6 is 27.5 Å². The Kier molecular flexibility index (Phi) is 6.04. The summed E-state index contributed by atoms with van der Waals surface area (Å²) in [5, 5.41) is 10.9. The van der Waals surface area contributed by atoms with Crippen molar-refractivity contribution in [2.24, 2.45) is 0 Å². The van der Waals surface area contributed by atoms with E-state index in [2.05, 4.69) is 31.4 Å². The summed E-state index contributed by atoms with van der Waals surface area (Å²) in [6.45, 7) is 3.40. The molecule has 1 N–H and O–H groups in total. The summed E-state index contributed by atoms with van der Waals surface area (Å²) in [5.74, 6) is -0.490. The van der Waals surface area contributed by atoms with E-state index in [4.69, 9.17) is 11.6 Å². The van der Waals surface area contributed by atoms with Crippen LogP contribution in [0.4, 0.5) is 18.9 Å². The first-order valence-corrected chi connectivity index (χ1v) is 9.63. The third-order valence-corrected chi connectivity index (χ3v) is 5.38. The van der Waals surface area contributed by atoms with E-state index in [1.54, 1.807) is 29.1 Å². The Labute approximate surface area is 177 Å². The average Bonchev–Trinajstić information content (AvgIpc) is 3.18. The lowest BCUT2D eigenvalue weighted by Crippen LogP contribution is -2.25. The van der Waals surface area contributed by atoms with Crippen LogP contribution in [-0.4, -0.2) is 25.5 Å². The van der Waals surface area contributed by atoms with Gasteiger partial charge in [0.05, 0.1) is 27.9 Å². The minimum atomic E-state index is -4.62. The van der Waals surface area contributed by atoms with Gasteiger partial charge < -0.3 is 5.32 Å². The monoisotopic (exact) mass is 489 g/mol. The number of halogens is 5. The number of anilines is 1. The van der Waals surface area contributed by atoms with E-state index in [0.29, 0.717) is 17.3 Å². The highest BCUT2D eigenvalue weighted by atomic mass is 79.9. The smallest absolute Gasteiger partial charge is 0.324 e. The van der Waals surface area contributed by atoms with Gasteiger partial charge in [0.15, 0.2) is 5.69 Å². The highest BCUT2D eigenvalue weighted by Crippen LogP contribution is 2.36. The number of rotatable bonds is 5. The molecule has 0 aliphatic heterocycles. The predicted octanol–water partition coefficient (Wildman–Crippen LogP) is 5.07. The molecule has 0 spiro atoms. The van der Waals surface area contributed by atoms with E-state index in [1.807, 2.05) is 6.07 Å². The molecule has 2 heterocycles. The molecule has 11 heteroatoms. The van der Waals surface area contributed by atoms with Crippen LogP contribution in [0.5, 0.6) is 0 Å². The number of alkyl halides is 3. The maximum atomic E-state index is 13.1. The summed E-state index contributed by atoms with van der Waals surface area (Å²) >= 11 is 8.76. The number of hydrogen-bond acceptors (Lipinski definition) is 3. The Morgan fingerprint density at radius 3 is 2.69 bits per heavy atom. The normalized spacial score (nSPS) is 12.8. The zero-order chi connectivity index (χ0) is 21.3. The number of aromatic nitrogens is 4. The first-order chi connectivity index (χ1) is 13.6. The molecule has 1 aromatic carbocycles. The van der Waals surface area contributed by atoms with E-state index >= 15 is 0 Å². The second-order valence-electron chi connectivity index (χ2n) is 6.41. The number of carbonyl (C=O) groups excluding carboxylic acids is 1. The lowest BCUT2D eigenvalue weighted by Gasteiger charge is -2.15. The summed E-state index contributed by atoms with van der Waals surface area (Å²) < 4.78 is 41.7. The van der Waals surface area contributed by atoms with Crippen molar-refractivity contribution < 1.29 is 18.0 Å². The first kappa shape index (κ1) is 21.4. The van der Waals surface area contributed by atoms with Gasteiger partial charge in [-0.25, -0.2) is 0 Å². The SMILES string of the molecule is Cc1c(Br)c(C(F)(F)F)nn1C(C)C(=O)Nc1cccc(Cn2cc(Cl)cn2)c1. The quantitative estimate of drug-likeness (QED) is 0.543. The second-order valence-corrected chi connectivity index (χ2v) is 7.64. The van der Waals surface area contributed by atoms with Gasteiger partial charge in [-0.15, -0.1) is 0 Å². The molecule has 1 unspecified atom stereocenters. The van der Waals surface area contributed by atoms with Gasteiger partial charge in [-0.2, -0.15) is 23.4 Å². The van der Waals surface area contributed by atoms with Crippen LogP contribution < -0.4 is 5.32 Å². The number of hydrogen-bond donors (Lipinski definition) is 1. The van der Waals surface area contributed by atoms with Crippen LogP contribution in [0.3, 0.4) is 0 Å². The Morgan fingerprint density at radius 1 is 1.38 bits per heavy atom. The molecular formula is C18H16BrClF3N5O. The Bertz CT molecular complexity index is 1050. The third-order valence-electron chi connectivity index (χ3n) is 4.23. The van der Waals surface area contributed by atoms with Crippen molar-refractivity contribution in [3.8, 4) is 0 Å². The molecule has 0 aliphatic carbocycles. The van der Waals surface area contributed by atoms with Gasteiger partial charge in [-0.05, 0) is 47.5 Å². The molecule has 3 aromatic rings. The van der Waals surface area contributed by atoms with Gasteiger partial charge in [-0.1, -0.05) is 23.7 Å². The minimum Gasteiger partial charge on any atom is -0.324 e. The van der Waals surface area contributed by atoms with Crippen LogP contribution in [0.1, 0.15) is 29.9 Å². The molecular weight excluding hydrogens is 475 g/mol. The number of benzene rings is 1.